The van der Waals surface area contributed by atoms with Crippen LogP contribution in [0.2, 0.25) is 0 Å². The maximum Gasteiger partial charge on any atom is 0.410 e. The Morgan fingerprint density at radius 3 is 2.68 bits per heavy atom. The lowest BCUT2D eigenvalue weighted by atomic mass is 9.72. The van der Waals surface area contributed by atoms with Gasteiger partial charge in [0.1, 0.15) is 6.61 Å². The van der Waals surface area contributed by atoms with Crippen molar-refractivity contribution < 1.29 is 9.53 Å². The molecule has 4 nitrogen and oxygen atoms in total. The lowest BCUT2D eigenvalue weighted by Crippen LogP contribution is -2.38. The van der Waals surface area contributed by atoms with Gasteiger partial charge in [0.15, 0.2) is 0 Å². The maximum atomic E-state index is 12.3. The molecule has 120 valence electrons. The predicted molar refractivity (Wildman–Crippen MR) is 86.6 cm³/mol. The summed E-state index contributed by atoms with van der Waals surface area (Å²) in [6, 6.07) is 10.5. The Morgan fingerprint density at radius 2 is 2.00 bits per heavy atom. The van der Waals surface area contributed by atoms with Gasteiger partial charge in [-0.2, -0.15) is 0 Å². The van der Waals surface area contributed by atoms with E-state index in [4.69, 9.17) is 4.74 Å². The zero-order valence-electron chi connectivity index (χ0n) is 13.4. The Kier molecular flexibility index (Phi) is 4.67. The monoisotopic (exact) mass is 302 g/mol. The first-order chi connectivity index (χ1) is 10.7. The molecular weight excluding hydrogens is 276 g/mol. The van der Waals surface area contributed by atoms with Crippen LogP contribution in [0.5, 0.6) is 0 Å². The molecule has 3 rings (SSSR count). The van der Waals surface area contributed by atoms with Crippen molar-refractivity contribution in [3.63, 3.8) is 0 Å². The van der Waals surface area contributed by atoms with Crippen LogP contribution in [0.1, 0.15) is 37.7 Å². The summed E-state index contributed by atoms with van der Waals surface area (Å²) in [7, 11) is 2.05. The number of nitrogens with zero attached hydrogens (tertiary/aromatic N) is 1. The number of ether oxygens (including phenoxy) is 1. The topological polar surface area (TPSA) is 41.6 Å². The average Bonchev–Trinajstić information content (AvgIpc) is 2.98. The molecule has 2 fully saturated rings. The molecular formula is C18H26N2O2. The van der Waals surface area contributed by atoms with Crippen LogP contribution in [-0.4, -0.2) is 37.2 Å². The number of hydrogen-bond acceptors (Lipinski definition) is 3. The number of rotatable bonds is 3. The molecule has 4 heteroatoms. The fraction of sp³-hybridized carbons (Fsp3) is 0.611. The van der Waals surface area contributed by atoms with Crippen molar-refractivity contribution in [1.29, 1.82) is 0 Å². The van der Waals surface area contributed by atoms with Crippen LogP contribution in [0.4, 0.5) is 4.79 Å². The number of hydrogen-bond donors (Lipinski definition) is 1. The van der Waals surface area contributed by atoms with Crippen LogP contribution >= 0.6 is 0 Å². The number of benzene rings is 1. The Morgan fingerprint density at radius 1 is 1.27 bits per heavy atom. The SMILES string of the molecule is CNC1CCC2(CC1)CCN(C(=O)OCc1ccccc1)C2. The van der Waals surface area contributed by atoms with Gasteiger partial charge >= 0.3 is 6.09 Å². The molecule has 1 heterocycles. The molecule has 1 amide bonds. The normalized spacial score (nSPS) is 28.0. The summed E-state index contributed by atoms with van der Waals surface area (Å²) in [4.78, 5) is 14.2. The van der Waals surface area contributed by atoms with E-state index in [9.17, 15) is 4.79 Å². The van der Waals surface area contributed by atoms with Crippen LogP contribution in [0.15, 0.2) is 30.3 Å². The van der Waals surface area contributed by atoms with Gasteiger partial charge in [-0.15, -0.1) is 0 Å². The minimum Gasteiger partial charge on any atom is -0.445 e. The molecule has 1 N–H and O–H groups in total. The van der Waals surface area contributed by atoms with Crippen LogP contribution in [0.3, 0.4) is 0 Å². The molecule has 0 aromatic heterocycles. The first-order valence-electron chi connectivity index (χ1n) is 8.34. The van der Waals surface area contributed by atoms with Gasteiger partial charge in [0, 0.05) is 19.1 Å². The summed E-state index contributed by atoms with van der Waals surface area (Å²) < 4.78 is 5.46. The Balaban J connectivity index is 1.49. The van der Waals surface area contributed by atoms with E-state index in [2.05, 4.69) is 5.32 Å². The van der Waals surface area contributed by atoms with E-state index in [1.807, 2.05) is 42.3 Å². The van der Waals surface area contributed by atoms with Gasteiger partial charge in [0.05, 0.1) is 0 Å². The van der Waals surface area contributed by atoms with Crippen LogP contribution in [0, 0.1) is 5.41 Å². The lowest BCUT2D eigenvalue weighted by Gasteiger charge is -2.36. The third-order valence-electron chi connectivity index (χ3n) is 5.36. The van der Waals surface area contributed by atoms with E-state index < -0.39 is 0 Å². The smallest absolute Gasteiger partial charge is 0.410 e. The molecule has 1 aliphatic carbocycles. The highest BCUT2D eigenvalue weighted by Crippen LogP contribution is 2.43. The second kappa shape index (κ2) is 6.69. The molecule has 1 saturated carbocycles. The molecule has 0 unspecified atom stereocenters. The Hall–Kier alpha value is -1.55. The Labute approximate surface area is 132 Å². The molecule has 1 aromatic rings. The minimum absolute atomic E-state index is 0.156. The standard InChI is InChI=1S/C18H26N2O2/c1-19-16-7-9-18(10-8-16)11-12-20(14-18)17(21)22-13-15-5-3-2-4-6-15/h2-6,16,19H,7-14H2,1H3. The first-order valence-corrected chi connectivity index (χ1v) is 8.34. The molecule has 1 aromatic carbocycles. The van der Waals surface area contributed by atoms with Gasteiger partial charge in [-0.25, -0.2) is 4.79 Å². The van der Waals surface area contributed by atoms with Crippen molar-refractivity contribution in [3.8, 4) is 0 Å². The van der Waals surface area contributed by atoms with Crippen molar-refractivity contribution in [1.82, 2.24) is 10.2 Å². The number of amides is 1. The van der Waals surface area contributed by atoms with Crippen molar-refractivity contribution in [2.75, 3.05) is 20.1 Å². The number of carbonyl (C=O) groups excluding carboxylic acids is 1. The Bertz CT molecular complexity index is 495. The van der Waals surface area contributed by atoms with Crippen molar-refractivity contribution in [3.05, 3.63) is 35.9 Å². The fourth-order valence-corrected chi connectivity index (χ4v) is 3.83. The average molecular weight is 302 g/mol. The van der Waals surface area contributed by atoms with Gasteiger partial charge in [0.2, 0.25) is 0 Å². The van der Waals surface area contributed by atoms with E-state index in [1.54, 1.807) is 0 Å². The highest BCUT2D eigenvalue weighted by molar-refractivity contribution is 5.68. The second-order valence-electron chi connectivity index (χ2n) is 6.77. The number of carbonyl (C=O) groups is 1. The maximum absolute atomic E-state index is 12.3. The third-order valence-corrected chi connectivity index (χ3v) is 5.36. The molecule has 22 heavy (non-hydrogen) atoms. The zero-order chi connectivity index (χ0) is 15.4. The predicted octanol–water partition coefficient (Wildman–Crippen LogP) is 3.18. The highest BCUT2D eigenvalue weighted by atomic mass is 16.6. The molecule has 0 atom stereocenters. The van der Waals surface area contributed by atoms with Gasteiger partial charge in [-0.05, 0) is 50.1 Å². The van der Waals surface area contributed by atoms with Crippen LogP contribution in [0.25, 0.3) is 0 Å². The van der Waals surface area contributed by atoms with Gasteiger partial charge in [0.25, 0.3) is 0 Å². The largest absolute Gasteiger partial charge is 0.445 e. The van der Waals surface area contributed by atoms with Crippen molar-refractivity contribution in [2.45, 2.75) is 44.8 Å². The summed E-state index contributed by atoms with van der Waals surface area (Å²) in [6.07, 6.45) is 5.87. The quantitative estimate of drug-likeness (QED) is 0.932. The van der Waals surface area contributed by atoms with Gasteiger partial charge in [-0.3, -0.25) is 0 Å². The van der Waals surface area contributed by atoms with Crippen LogP contribution < -0.4 is 5.32 Å². The molecule has 2 aliphatic rings. The summed E-state index contributed by atoms with van der Waals surface area (Å²) in [5.41, 5.74) is 1.39. The molecule has 1 spiro atoms. The van der Waals surface area contributed by atoms with E-state index >= 15 is 0 Å². The fourth-order valence-electron chi connectivity index (χ4n) is 3.83. The van der Waals surface area contributed by atoms with E-state index in [0.717, 1.165) is 25.1 Å². The van der Waals surface area contributed by atoms with Gasteiger partial charge < -0.3 is 15.0 Å². The zero-order valence-corrected chi connectivity index (χ0v) is 13.4. The highest BCUT2D eigenvalue weighted by Gasteiger charge is 2.42. The number of nitrogens with one attached hydrogen (secondary N) is 1. The summed E-state index contributed by atoms with van der Waals surface area (Å²) in [5, 5.41) is 3.38. The number of likely N-dealkylation sites (tertiary alicyclic amines) is 1. The molecule has 1 aliphatic heterocycles. The molecule has 0 bridgehead atoms. The first kappa shape index (κ1) is 15.3. The van der Waals surface area contributed by atoms with Crippen molar-refractivity contribution >= 4 is 6.09 Å². The van der Waals surface area contributed by atoms with Gasteiger partial charge in [-0.1, -0.05) is 30.3 Å². The summed E-state index contributed by atoms with van der Waals surface area (Å²) in [5.74, 6) is 0. The third kappa shape index (κ3) is 3.43. The van der Waals surface area contributed by atoms with Crippen molar-refractivity contribution in [2.24, 2.45) is 5.41 Å². The molecule has 0 radical (unpaired) electrons. The minimum atomic E-state index is -0.156. The van der Waals surface area contributed by atoms with Crippen LogP contribution in [-0.2, 0) is 11.3 Å². The molecule has 1 saturated heterocycles. The summed E-state index contributed by atoms with van der Waals surface area (Å²) in [6.45, 7) is 2.08. The van der Waals surface area contributed by atoms with E-state index in [0.29, 0.717) is 18.1 Å². The summed E-state index contributed by atoms with van der Waals surface area (Å²) >= 11 is 0. The van der Waals surface area contributed by atoms with E-state index in [1.165, 1.54) is 25.7 Å². The van der Waals surface area contributed by atoms with E-state index in [-0.39, 0.29) is 6.09 Å². The second-order valence-corrected chi connectivity index (χ2v) is 6.77. The lowest BCUT2D eigenvalue weighted by molar-refractivity contribution is 0.0945.